The molecule has 2 aromatic carbocycles. The molecule has 0 atom stereocenters. The Balaban J connectivity index is 1.75. The summed E-state index contributed by atoms with van der Waals surface area (Å²) >= 11 is 1.14. The van der Waals surface area contributed by atoms with E-state index in [1.54, 1.807) is 41.8 Å². The van der Waals surface area contributed by atoms with Crippen molar-refractivity contribution < 1.29 is 17.7 Å². The Morgan fingerprint density at radius 3 is 2.52 bits per heavy atom. The lowest BCUT2D eigenvalue weighted by Crippen LogP contribution is -2.30. The predicted octanol–water partition coefficient (Wildman–Crippen LogP) is 4.20. The van der Waals surface area contributed by atoms with E-state index in [2.05, 4.69) is 10.1 Å². The zero-order valence-corrected chi connectivity index (χ0v) is 17.1. The van der Waals surface area contributed by atoms with Gasteiger partial charge in [-0.2, -0.15) is 4.98 Å². The first-order valence-electron chi connectivity index (χ1n) is 8.67. The Hall–Kier alpha value is -3.17. The number of hydrogen-bond donors (Lipinski definition) is 0. The number of hydrogen-bond acceptors (Lipinski definition) is 7. The number of anilines is 1. The minimum atomic E-state index is -3.85. The fourth-order valence-corrected chi connectivity index (χ4v) is 5.33. The van der Waals surface area contributed by atoms with Crippen LogP contribution in [0.25, 0.3) is 11.4 Å². The largest absolute Gasteiger partial charge is 0.495 e. The van der Waals surface area contributed by atoms with Crippen molar-refractivity contribution in [3.8, 4) is 17.1 Å². The second kappa shape index (κ2) is 8.06. The highest BCUT2D eigenvalue weighted by atomic mass is 32.2. The van der Waals surface area contributed by atoms with Gasteiger partial charge in [0, 0.05) is 5.56 Å². The van der Waals surface area contributed by atoms with Crippen molar-refractivity contribution in [3.63, 3.8) is 0 Å². The third-order valence-electron chi connectivity index (χ3n) is 4.17. The van der Waals surface area contributed by atoms with Crippen LogP contribution in [0.2, 0.25) is 0 Å². The molecule has 4 rings (SSSR count). The van der Waals surface area contributed by atoms with E-state index in [-0.39, 0.29) is 16.6 Å². The van der Waals surface area contributed by atoms with Gasteiger partial charge in [-0.3, -0.25) is 4.31 Å². The average molecular weight is 428 g/mol. The molecular weight excluding hydrogens is 410 g/mol. The molecule has 0 amide bonds. The molecule has 0 bridgehead atoms. The average Bonchev–Trinajstić information content (AvgIpc) is 3.45. The van der Waals surface area contributed by atoms with Crippen molar-refractivity contribution in [3.05, 3.63) is 78.0 Å². The number of benzene rings is 2. The predicted molar refractivity (Wildman–Crippen MR) is 110 cm³/mol. The SMILES string of the molecule is COc1ccccc1N(Cc1nc(-c2ccccc2)no1)S(=O)(=O)c1cccs1. The summed E-state index contributed by atoms with van der Waals surface area (Å²) in [5, 5.41) is 5.70. The summed E-state index contributed by atoms with van der Waals surface area (Å²) in [5.41, 5.74) is 1.18. The van der Waals surface area contributed by atoms with Crippen LogP contribution < -0.4 is 9.04 Å². The first kappa shape index (κ1) is 19.2. The summed E-state index contributed by atoms with van der Waals surface area (Å²) in [6.07, 6.45) is 0. The van der Waals surface area contributed by atoms with Gasteiger partial charge < -0.3 is 9.26 Å². The first-order valence-corrected chi connectivity index (χ1v) is 11.0. The summed E-state index contributed by atoms with van der Waals surface area (Å²) in [6.45, 7) is -0.125. The van der Waals surface area contributed by atoms with E-state index in [4.69, 9.17) is 9.26 Å². The van der Waals surface area contributed by atoms with Crippen LogP contribution in [-0.4, -0.2) is 25.7 Å². The van der Waals surface area contributed by atoms with Crippen LogP contribution in [0.3, 0.4) is 0 Å². The molecule has 9 heteroatoms. The molecule has 0 aliphatic rings. The number of rotatable bonds is 7. The standard InChI is InChI=1S/C20H17N3O4S2/c1-26-17-11-6-5-10-16(17)23(29(24,25)19-12-7-13-28-19)14-18-21-20(22-27-18)15-8-3-2-4-9-15/h2-13H,14H2,1H3. The van der Waals surface area contributed by atoms with Gasteiger partial charge in [0.15, 0.2) is 0 Å². The van der Waals surface area contributed by atoms with Gasteiger partial charge in [0.2, 0.25) is 11.7 Å². The van der Waals surface area contributed by atoms with Gasteiger partial charge in [-0.15, -0.1) is 11.3 Å². The fraction of sp³-hybridized carbons (Fsp3) is 0.100. The molecule has 0 unspecified atom stereocenters. The maximum atomic E-state index is 13.3. The molecule has 0 radical (unpaired) electrons. The zero-order valence-electron chi connectivity index (χ0n) is 15.4. The van der Waals surface area contributed by atoms with E-state index >= 15 is 0 Å². The normalized spacial score (nSPS) is 11.3. The number of thiophene rings is 1. The molecule has 29 heavy (non-hydrogen) atoms. The van der Waals surface area contributed by atoms with Gasteiger partial charge >= 0.3 is 0 Å². The molecule has 148 valence electrons. The van der Waals surface area contributed by atoms with Gasteiger partial charge in [-0.25, -0.2) is 8.42 Å². The first-order chi connectivity index (χ1) is 14.1. The van der Waals surface area contributed by atoms with E-state index in [1.807, 2.05) is 30.3 Å². The second-order valence-corrected chi connectivity index (χ2v) is 9.03. The number of ether oxygens (including phenoxy) is 1. The smallest absolute Gasteiger partial charge is 0.274 e. The summed E-state index contributed by atoms with van der Waals surface area (Å²) in [6, 6.07) is 19.5. The van der Waals surface area contributed by atoms with E-state index in [0.29, 0.717) is 17.3 Å². The molecule has 0 spiro atoms. The number of methoxy groups -OCH3 is 1. The summed E-state index contributed by atoms with van der Waals surface area (Å²) in [4.78, 5) is 4.37. The van der Waals surface area contributed by atoms with Crippen molar-refractivity contribution in [1.29, 1.82) is 0 Å². The lowest BCUT2D eigenvalue weighted by Gasteiger charge is -2.23. The van der Waals surface area contributed by atoms with Gasteiger partial charge in [0.1, 0.15) is 16.5 Å². The van der Waals surface area contributed by atoms with Crippen LogP contribution in [0.1, 0.15) is 5.89 Å². The molecule has 0 aliphatic heterocycles. The zero-order chi connectivity index (χ0) is 20.3. The van der Waals surface area contributed by atoms with Crippen LogP contribution in [0, 0.1) is 0 Å². The van der Waals surface area contributed by atoms with E-state index in [1.165, 1.54) is 11.4 Å². The third kappa shape index (κ3) is 3.87. The minimum absolute atomic E-state index is 0.125. The summed E-state index contributed by atoms with van der Waals surface area (Å²) in [7, 11) is -2.36. The Bertz CT molecular complexity index is 1190. The lowest BCUT2D eigenvalue weighted by atomic mass is 10.2. The molecule has 0 N–H and O–H groups in total. The second-order valence-electron chi connectivity index (χ2n) is 5.99. The monoisotopic (exact) mass is 427 g/mol. The Kier molecular flexibility index (Phi) is 5.32. The molecule has 0 fully saturated rings. The topological polar surface area (TPSA) is 85.5 Å². The third-order valence-corrected chi connectivity index (χ3v) is 7.31. The van der Waals surface area contributed by atoms with Gasteiger partial charge in [0.25, 0.3) is 10.0 Å². The lowest BCUT2D eigenvalue weighted by molar-refractivity contribution is 0.379. The highest BCUT2D eigenvalue weighted by Crippen LogP contribution is 2.34. The highest BCUT2D eigenvalue weighted by molar-refractivity contribution is 7.94. The summed E-state index contributed by atoms with van der Waals surface area (Å²) < 4.78 is 38.8. The molecular formula is C20H17N3O4S2. The number of nitrogens with zero attached hydrogens (tertiary/aromatic N) is 3. The van der Waals surface area contributed by atoms with Crippen molar-refractivity contribution in [2.24, 2.45) is 0 Å². The maximum absolute atomic E-state index is 13.3. The Morgan fingerprint density at radius 2 is 1.79 bits per heavy atom. The van der Waals surface area contributed by atoms with Gasteiger partial charge in [0.05, 0.1) is 12.8 Å². The minimum Gasteiger partial charge on any atom is -0.495 e. The van der Waals surface area contributed by atoms with Crippen LogP contribution in [-0.2, 0) is 16.6 Å². The number of aromatic nitrogens is 2. The quantitative estimate of drug-likeness (QED) is 0.439. The highest BCUT2D eigenvalue weighted by Gasteiger charge is 2.30. The van der Waals surface area contributed by atoms with Crippen molar-refractivity contribution in [2.75, 3.05) is 11.4 Å². The Labute approximate surface area is 172 Å². The van der Waals surface area contributed by atoms with Crippen LogP contribution >= 0.6 is 11.3 Å². The van der Waals surface area contributed by atoms with Crippen molar-refractivity contribution in [2.45, 2.75) is 10.8 Å². The van der Waals surface area contributed by atoms with Crippen LogP contribution in [0.5, 0.6) is 5.75 Å². The summed E-state index contributed by atoms with van der Waals surface area (Å²) in [5.74, 6) is 0.999. The molecule has 4 aromatic rings. The van der Waals surface area contributed by atoms with E-state index in [0.717, 1.165) is 16.9 Å². The maximum Gasteiger partial charge on any atom is 0.274 e. The Morgan fingerprint density at radius 1 is 1.03 bits per heavy atom. The van der Waals surface area contributed by atoms with Crippen molar-refractivity contribution in [1.82, 2.24) is 10.1 Å². The molecule has 0 saturated carbocycles. The number of para-hydroxylation sites is 2. The fourth-order valence-electron chi connectivity index (χ4n) is 2.80. The van der Waals surface area contributed by atoms with E-state index < -0.39 is 10.0 Å². The molecule has 0 saturated heterocycles. The number of sulfonamides is 1. The molecule has 7 nitrogen and oxygen atoms in total. The van der Waals surface area contributed by atoms with Crippen LogP contribution in [0.15, 0.2) is 80.8 Å². The van der Waals surface area contributed by atoms with Gasteiger partial charge in [-0.05, 0) is 23.6 Å². The van der Waals surface area contributed by atoms with Gasteiger partial charge in [-0.1, -0.05) is 53.7 Å². The van der Waals surface area contributed by atoms with E-state index in [9.17, 15) is 8.42 Å². The molecule has 2 heterocycles. The van der Waals surface area contributed by atoms with Crippen LogP contribution in [0.4, 0.5) is 5.69 Å². The molecule has 2 aromatic heterocycles. The molecule has 0 aliphatic carbocycles. The van der Waals surface area contributed by atoms with Crippen molar-refractivity contribution >= 4 is 27.0 Å².